The third-order valence-corrected chi connectivity index (χ3v) is 7.46. The number of nitrogens with one attached hydrogen (secondary N) is 2. The van der Waals surface area contributed by atoms with Crippen molar-refractivity contribution in [1.82, 2.24) is 4.98 Å². The summed E-state index contributed by atoms with van der Waals surface area (Å²) in [6, 6.07) is 23.0. The fourth-order valence-corrected chi connectivity index (χ4v) is 5.26. The van der Waals surface area contributed by atoms with Gasteiger partial charge in [-0.25, -0.2) is 4.98 Å². The van der Waals surface area contributed by atoms with Gasteiger partial charge in [-0.3, -0.25) is 9.59 Å². The van der Waals surface area contributed by atoms with Crippen molar-refractivity contribution in [3.8, 4) is 0 Å². The van der Waals surface area contributed by atoms with Crippen LogP contribution in [0.4, 0.5) is 11.4 Å². The first kappa shape index (κ1) is 20.7. The second-order valence-electron chi connectivity index (χ2n) is 7.73. The molecule has 0 spiro atoms. The number of aromatic nitrogens is 1. The first-order valence-corrected chi connectivity index (χ1v) is 12.2. The van der Waals surface area contributed by atoms with Crippen molar-refractivity contribution in [2.75, 3.05) is 10.6 Å². The normalized spacial score (nSPS) is 13.1. The molecule has 1 saturated carbocycles. The van der Waals surface area contributed by atoms with Crippen LogP contribution in [-0.4, -0.2) is 16.8 Å². The van der Waals surface area contributed by atoms with Crippen LogP contribution in [0, 0.1) is 5.92 Å². The van der Waals surface area contributed by atoms with Gasteiger partial charge in [0.25, 0.3) is 5.91 Å². The SMILES string of the molecule is O=C(Nc1ccc(NC(=O)C2CC2)cc1)c1ccc(CSc2nc3ccccc3s2)cc1. The maximum atomic E-state index is 12.6. The van der Waals surface area contributed by atoms with Gasteiger partial charge in [-0.2, -0.15) is 0 Å². The maximum absolute atomic E-state index is 12.6. The zero-order valence-corrected chi connectivity index (χ0v) is 18.8. The molecule has 32 heavy (non-hydrogen) atoms. The molecule has 2 N–H and O–H groups in total. The second kappa shape index (κ2) is 9.14. The van der Waals surface area contributed by atoms with E-state index in [1.54, 1.807) is 47.4 Å². The van der Waals surface area contributed by atoms with Crippen LogP contribution in [0.2, 0.25) is 0 Å². The van der Waals surface area contributed by atoms with Crippen molar-refractivity contribution >= 4 is 56.5 Å². The molecule has 0 atom stereocenters. The maximum Gasteiger partial charge on any atom is 0.255 e. The van der Waals surface area contributed by atoms with Crippen molar-refractivity contribution in [3.63, 3.8) is 0 Å². The van der Waals surface area contributed by atoms with Crippen LogP contribution in [0.5, 0.6) is 0 Å². The summed E-state index contributed by atoms with van der Waals surface area (Å²) < 4.78 is 2.24. The van der Waals surface area contributed by atoms with Gasteiger partial charge in [0.2, 0.25) is 5.91 Å². The predicted octanol–water partition coefficient (Wildman–Crippen LogP) is 6.19. The zero-order valence-electron chi connectivity index (χ0n) is 17.2. The van der Waals surface area contributed by atoms with E-state index in [2.05, 4.69) is 21.7 Å². The average Bonchev–Trinajstić information content (AvgIpc) is 3.59. The topological polar surface area (TPSA) is 71.1 Å². The lowest BCUT2D eigenvalue weighted by atomic mass is 10.1. The van der Waals surface area contributed by atoms with E-state index < -0.39 is 0 Å². The Balaban J connectivity index is 1.15. The number of thiazole rings is 1. The molecule has 7 heteroatoms. The highest BCUT2D eigenvalue weighted by Crippen LogP contribution is 2.32. The molecular formula is C25H21N3O2S2. The summed E-state index contributed by atoms with van der Waals surface area (Å²) >= 11 is 3.40. The summed E-state index contributed by atoms with van der Waals surface area (Å²) in [5, 5.41) is 5.80. The quantitative estimate of drug-likeness (QED) is 0.323. The molecule has 0 aliphatic heterocycles. The smallest absolute Gasteiger partial charge is 0.255 e. The Labute approximate surface area is 194 Å². The molecular weight excluding hydrogens is 438 g/mol. The highest BCUT2D eigenvalue weighted by molar-refractivity contribution is 8.00. The van der Waals surface area contributed by atoms with E-state index >= 15 is 0 Å². The molecule has 1 heterocycles. The van der Waals surface area contributed by atoms with Crippen molar-refractivity contribution < 1.29 is 9.59 Å². The van der Waals surface area contributed by atoms with E-state index in [0.717, 1.165) is 39.7 Å². The molecule has 3 aromatic carbocycles. The number of benzene rings is 3. The van der Waals surface area contributed by atoms with Crippen LogP contribution < -0.4 is 10.6 Å². The van der Waals surface area contributed by atoms with Gasteiger partial charge in [-0.05, 0) is 66.9 Å². The van der Waals surface area contributed by atoms with Gasteiger partial charge in [-0.1, -0.05) is 36.0 Å². The Morgan fingerprint density at radius 1 is 0.906 bits per heavy atom. The fraction of sp³-hybridized carbons (Fsp3) is 0.160. The highest BCUT2D eigenvalue weighted by atomic mass is 32.2. The third kappa shape index (κ3) is 5.00. The Kier molecular flexibility index (Phi) is 5.92. The summed E-state index contributed by atoms with van der Waals surface area (Å²) in [5.41, 5.74) is 4.21. The van der Waals surface area contributed by atoms with Crippen molar-refractivity contribution in [1.29, 1.82) is 0 Å². The van der Waals surface area contributed by atoms with Crippen LogP contribution in [0.25, 0.3) is 10.2 Å². The summed E-state index contributed by atoms with van der Waals surface area (Å²) in [6.45, 7) is 0. The first-order chi connectivity index (χ1) is 15.6. The lowest BCUT2D eigenvalue weighted by Gasteiger charge is -2.08. The van der Waals surface area contributed by atoms with Crippen molar-refractivity contribution in [2.24, 2.45) is 5.92 Å². The van der Waals surface area contributed by atoms with E-state index in [4.69, 9.17) is 0 Å². The fourth-order valence-electron chi connectivity index (χ4n) is 3.24. The summed E-state index contributed by atoms with van der Waals surface area (Å²) in [5.74, 6) is 0.876. The number of hydrogen-bond donors (Lipinski definition) is 2. The monoisotopic (exact) mass is 459 g/mol. The molecule has 0 bridgehead atoms. The molecule has 1 fully saturated rings. The number of carbonyl (C=O) groups is 2. The van der Waals surface area contributed by atoms with Gasteiger partial charge < -0.3 is 10.6 Å². The highest BCUT2D eigenvalue weighted by Gasteiger charge is 2.29. The van der Waals surface area contributed by atoms with Gasteiger partial charge in [0, 0.05) is 28.6 Å². The van der Waals surface area contributed by atoms with Gasteiger partial charge in [-0.15, -0.1) is 11.3 Å². The number of anilines is 2. The lowest BCUT2D eigenvalue weighted by Crippen LogP contribution is -2.14. The number of carbonyl (C=O) groups excluding carboxylic acids is 2. The van der Waals surface area contributed by atoms with Crippen LogP contribution in [0.15, 0.2) is 77.1 Å². The third-order valence-electron chi connectivity index (χ3n) is 5.21. The molecule has 1 aromatic heterocycles. The van der Waals surface area contributed by atoms with Gasteiger partial charge in [0.05, 0.1) is 10.2 Å². The van der Waals surface area contributed by atoms with E-state index in [0.29, 0.717) is 11.3 Å². The largest absolute Gasteiger partial charge is 0.326 e. The molecule has 0 saturated heterocycles. The van der Waals surface area contributed by atoms with Crippen LogP contribution >= 0.6 is 23.1 Å². The minimum Gasteiger partial charge on any atom is -0.326 e. The summed E-state index contributed by atoms with van der Waals surface area (Å²) in [4.78, 5) is 29.1. The Morgan fingerprint density at radius 2 is 1.59 bits per heavy atom. The molecule has 0 unspecified atom stereocenters. The number of hydrogen-bond acceptors (Lipinski definition) is 5. The Morgan fingerprint density at radius 3 is 2.28 bits per heavy atom. The summed E-state index contributed by atoms with van der Waals surface area (Å²) in [7, 11) is 0. The molecule has 2 amide bonds. The Hall–Kier alpha value is -3.16. The van der Waals surface area contributed by atoms with E-state index in [9.17, 15) is 9.59 Å². The van der Waals surface area contributed by atoms with Crippen molar-refractivity contribution in [2.45, 2.75) is 22.9 Å². The zero-order chi connectivity index (χ0) is 21.9. The molecule has 160 valence electrons. The number of amides is 2. The van der Waals surface area contributed by atoms with E-state index in [-0.39, 0.29) is 17.7 Å². The van der Waals surface area contributed by atoms with Crippen LogP contribution in [0.3, 0.4) is 0 Å². The van der Waals surface area contributed by atoms with Gasteiger partial charge in [0.1, 0.15) is 0 Å². The molecule has 5 rings (SSSR count). The molecule has 1 aliphatic rings. The minimum absolute atomic E-state index is 0.0724. The molecule has 4 aromatic rings. The minimum atomic E-state index is -0.162. The molecule has 5 nitrogen and oxygen atoms in total. The first-order valence-electron chi connectivity index (χ1n) is 10.4. The number of rotatable bonds is 7. The van der Waals surface area contributed by atoms with E-state index in [1.165, 1.54) is 4.70 Å². The molecule has 0 radical (unpaired) electrons. The Bertz CT molecular complexity index is 1230. The number of para-hydroxylation sites is 1. The van der Waals surface area contributed by atoms with Crippen LogP contribution in [0.1, 0.15) is 28.8 Å². The average molecular weight is 460 g/mol. The molecule has 1 aliphatic carbocycles. The van der Waals surface area contributed by atoms with Crippen LogP contribution in [-0.2, 0) is 10.5 Å². The van der Waals surface area contributed by atoms with Gasteiger partial charge in [0.15, 0.2) is 4.34 Å². The number of fused-ring (bicyclic) bond motifs is 1. The second-order valence-corrected chi connectivity index (χ2v) is 9.98. The van der Waals surface area contributed by atoms with Gasteiger partial charge >= 0.3 is 0 Å². The number of nitrogens with zero attached hydrogens (tertiary/aromatic N) is 1. The van der Waals surface area contributed by atoms with Crippen molar-refractivity contribution in [3.05, 3.63) is 83.9 Å². The predicted molar refractivity (Wildman–Crippen MR) is 131 cm³/mol. The number of thioether (sulfide) groups is 1. The standard InChI is InChI=1S/C25H21N3O2S2/c29-23(26-19-11-13-20(14-12-19)27-24(30)18-9-10-18)17-7-5-16(6-8-17)15-31-25-28-21-3-1-2-4-22(21)32-25/h1-8,11-14,18H,9-10,15H2,(H,26,29)(H,27,30). The summed E-state index contributed by atoms with van der Waals surface area (Å²) in [6.07, 6.45) is 1.94. The van der Waals surface area contributed by atoms with E-state index in [1.807, 2.05) is 42.5 Å². The lowest BCUT2D eigenvalue weighted by molar-refractivity contribution is -0.117.